The Hall–Kier alpha value is -2.12. The van der Waals surface area contributed by atoms with Gasteiger partial charge in [0.2, 0.25) is 0 Å². The minimum absolute atomic E-state index is 0.203. The maximum absolute atomic E-state index is 9.14. The first-order valence-electron chi connectivity index (χ1n) is 7.96. The van der Waals surface area contributed by atoms with Crippen molar-refractivity contribution >= 4 is 11.6 Å². The Balaban J connectivity index is 1.77. The van der Waals surface area contributed by atoms with E-state index >= 15 is 0 Å². The van der Waals surface area contributed by atoms with Gasteiger partial charge in [-0.2, -0.15) is 0 Å². The van der Waals surface area contributed by atoms with Crippen LogP contribution in [-0.4, -0.2) is 56.2 Å². The molecule has 2 N–H and O–H groups in total. The summed E-state index contributed by atoms with van der Waals surface area (Å²) < 4.78 is 0. The molecule has 23 heavy (non-hydrogen) atoms. The Morgan fingerprint density at radius 1 is 1.30 bits per heavy atom. The Labute approximate surface area is 135 Å². The quantitative estimate of drug-likeness (QED) is 0.864. The highest BCUT2D eigenvalue weighted by Gasteiger charge is 2.22. The summed E-state index contributed by atoms with van der Waals surface area (Å²) in [5, 5.41) is 12.3. The summed E-state index contributed by atoms with van der Waals surface area (Å²) in [6.45, 7) is 4.81. The van der Waals surface area contributed by atoms with Crippen molar-refractivity contribution in [1.82, 2.24) is 24.8 Å². The highest BCUT2D eigenvalue weighted by atomic mass is 16.3. The predicted octanol–water partition coefficient (Wildman–Crippen LogP) is 1.49. The summed E-state index contributed by atoms with van der Waals surface area (Å²) >= 11 is 0. The van der Waals surface area contributed by atoms with Crippen LogP contribution >= 0.6 is 0 Å². The van der Waals surface area contributed by atoms with Crippen molar-refractivity contribution in [1.29, 1.82) is 0 Å². The van der Waals surface area contributed by atoms with Crippen LogP contribution in [0.1, 0.15) is 30.3 Å². The number of anilines is 2. The Kier molecular flexibility index (Phi) is 5.09. The molecule has 0 spiro atoms. The lowest BCUT2D eigenvalue weighted by Crippen LogP contribution is -2.36. The largest absolute Gasteiger partial charge is 0.395 e. The zero-order valence-electron chi connectivity index (χ0n) is 13.3. The molecule has 0 aromatic carbocycles. The van der Waals surface area contributed by atoms with E-state index < -0.39 is 0 Å². The molecular formula is C16H22N6O. The van der Waals surface area contributed by atoms with Crippen LogP contribution in [0.5, 0.6) is 0 Å². The predicted molar refractivity (Wildman–Crippen MR) is 87.6 cm³/mol. The Bertz CT molecular complexity index is 634. The number of hydrogen-bond donors (Lipinski definition) is 2. The summed E-state index contributed by atoms with van der Waals surface area (Å²) in [5.41, 5.74) is 1.05. The van der Waals surface area contributed by atoms with Crippen molar-refractivity contribution in [2.45, 2.75) is 25.7 Å². The molecule has 0 aliphatic carbocycles. The normalized spacial score (nSPS) is 18.8. The maximum atomic E-state index is 9.14. The van der Waals surface area contributed by atoms with Crippen LogP contribution in [0, 0.1) is 6.92 Å². The lowest BCUT2D eigenvalue weighted by molar-refractivity contribution is 0.160. The SMILES string of the molecule is Cc1nc(Nc2cnccn2)cc(C2CCCN(CCO)C2)n1. The lowest BCUT2D eigenvalue weighted by Gasteiger charge is -2.32. The molecule has 122 valence electrons. The molecule has 1 fully saturated rings. The number of aromatic nitrogens is 4. The molecule has 0 radical (unpaired) electrons. The van der Waals surface area contributed by atoms with E-state index in [1.54, 1.807) is 18.6 Å². The van der Waals surface area contributed by atoms with E-state index in [0.717, 1.165) is 49.8 Å². The monoisotopic (exact) mass is 314 g/mol. The highest BCUT2D eigenvalue weighted by molar-refractivity contribution is 5.50. The molecule has 1 saturated heterocycles. The summed E-state index contributed by atoms with van der Waals surface area (Å²) in [6.07, 6.45) is 7.19. The zero-order chi connectivity index (χ0) is 16.1. The molecule has 1 unspecified atom stereocenters. The molecule has 0 saturated carbocycles. The fourth-order valence-corrected chi connectivity index (χ4v) is 3.00. The van der Waals surface area contributed by atoms with Crippen LogP contribution < -0.4 is 5.32 Å². The second-order valence-electron chi connectivity index (χ2n) is 5.80. The number of rotatable bonds is 5. The van der Waals surface area contributed by atoms with Crippen LogP contribution in [-0.2, 0) is 0 Å². The van der Waals surface area contributed by atoms with Gasteiger partial charge in [0.15, 0.2) is 0 Å². The number of aryl methyl sites for hydroxylation is 1. The molecule has 1 aliphatic heterocycles. The van der Waals surface area contributed by atoms with Crippen molar-refractivity contribution in [3.05, 3.63) is 36.2 Å². The Morgan fingerprint density at radius 3 is 3.00 bits per heavy atom. The fraction of sp³-hybridized carbons (Fsp3) is 0.500. The molecule has 7 heteroatoms. The van der Waals surface area contributed by atoms with E-state index in [0.29, 0.717) is 11.7 Å². The van der Waals surface area contributed by atoms with Crippen molar-refractivity contribution < 1.29 is 5.11 Å². The number of likely N-dealkylation sites (tertiary alicyclic amines) is 1. The summed E-state index contributed by atoms with van der Waals surface area (Å²) in [6, 6.07) is 1.99. The summed E-state index contributed by atoms with van der Waals surface area (Å²) in [5.74, 6) is 2.53. The van der Waals surface area contributed by atoms with Crippen molar-refractivity contribution in [2.75, 3.05) is 31.6 Å². The van der Waals surface area contributed by atoms with Gasteiger partial charge < -0.3 is 15.3 Å². The smallest absolute Gasteiger partial charge is 0.150 e. The first-order chi connectivity index (χ1) is 11.2. The topological polar surface area (TPSA) is 87.1 Å². The third-order valence-corrected chi connectivity index (χ3v) is 4.02. The molecule has 3 heterocycles. The van der Waals surface area contributed by atoms with Crippen LogP contribution in [0.15, 0.2) is 24.7 Å². The molecule has 2 aromatic heterocycles. The summed E-state index contributed by atoms with van der Waals surface area (Å²) in [7, 11) is 0. The van der Waals surface area contributed by atoms with Crippen molar-refractivity contribution in [3.63, 3.8) is 0 Å². The molecule has 3 rings (SSSR count). The molecule has 7 nitrogen and oxygen atoms in total. The summed E-state index contributed by atoms with van der Waals surface area (Å²) in [4.78, 5) is 19.6. The molecule has 0 bridgehead atoms. The third kappa shape index (κ3) is 4.20. The van der Waals surface area contributed by atoms with Gasteiger partial charge in [-0.1, -0.05) is 0 Å². The van der Waals surface area contributed by atoms with Crippen LogP contribution in [0.2, 0.25) is 0 Å². The van der Waals surface area contributed by atoms with Gasteiger partial charge in [-0.3, -0.25) is 4.98 Å². The van der Waals surface area contributed by atoms with Gasteiger partial charge in [0, 0.05) is 37.5 Å². The first-order valence-corrected chi connectivity index (χ1v) is 7.96. The van der Waals surface area contributed by atoms with E-state index in [1.807, 2.05) is 13.0 Å². The number of aliphatic hydroxyl groups is 1. The average molecular weight is 314 g/mol. The van der Waals surface area contributed by atoms with E-state index in [1.165, 1.54) is 0 Å². The van der Waals surface area contributed by atoms with Gasteiger partial charge in [-0.05, 0) is 26.3 Å². The van der Waals surface area contributed by atoms with E-state index in [9.17, 15) is 0 Å². The van der Waals surface area contributed by atoms with Crippen molar-refractivity contribution in [2.24, 2.45) is 0 Å². The number of nitrogens with one attached hydrogen (secondary N) is 1. The van der Waals surface area contributed by atoms with E-state index in [2.05, 4.69) is 30.2 Å². The fourth-order valence-electron chi connectivity index (χ4n) is 3.00. The number of aliphatic hydroxyl groups excluding tert-OH is 1. The standard InChI is InChI=1S/C16H22N6O/c1-12-19-14(13-3-2-6-22(11-13)7-8-23)9-15(20-12)21-16-10-17-4-5-18-16/h4-5,9-10,13,23H,2-3,6-8,11H2,1H3,(H,18,19,20,21). The van der Waals surface area contributed by atoms with Gasteiger partial charge in [0.25, 0.3) is 0 Å². The molecule has 2 aromatic rings. The number of hydrogen-bond acceptors (Lipinski definition) is 7. The molecule has 0 amide bonds. The second-order valence-corrected chi connectivity index (χ2v) is 5.80. The number of β-amino-alcohol motifs (C(OH)–C–C–N with tert-alkyl or cyclic N) is 1. The van der Waals surface area contributed by atoms with Gasteiger partial charge >= 0.3 is 0 Å². The van der Waals surface area contributed by atoms with Gasteiger partial charge in [-0.25, -0.2) is 15.0 Å². The number of piperidine rings is 1. The molecule has 1 atom stereocenters. The highest BCUT2D eigenvalue weighted by Crippen LogP contribution is 2.27. The molecular weight excluding hydrogens is 292 g/mol. The minimum atomic E-state index is 0.203. The van der Waals surface area contributed by atoms with Gasteiger partial charge in [0.05, 0.1) is 18.5 Å². The van der Waals surface area contributed by atoms with Crippen molar-refractivity contribution in [3.8, 4) is 0 Å². The zero-order valence-corrected chi connectivity index (χ0v) is 13.3. The van der Waals surface area contributed by atoms with Gasteiger partial charge in [-0.15, -0.1) is 0 Å². The lowest BCUT2D eigenvalue weighted by atomic mass is 9.94. The second kappa shape index (κ2) is 7.43. The number of nitrogens with zero attached hydrogens (tertiary/aromatic N) is 5. The van der Waals surface area contributed by atoms with E-state index in [4.69, 9.17) is 5.11 Å². The first kappa shape index (κ1) is 15.8. The van der Waals surface area contributed by atoms with Crippen LogP contribution in [0.3, 0.4) is 0 Å². The van der Waals surface area contributed by atoms with Crippen LogP contribution in [0.25, 0.3) is 0 Å². The van der Waals surface area contributed by atoms with Gasteiger partial charge in [0.1, 0.15) is 17.5 Å². The molecule has 1 aliphatic rings. The maximum Gasteiger partial charge on any atom is 0.150 e. The van der Waals surface area contributed by atoms with E-state index in [-0.39, 0.29) is 6.61 Å². The Morgan fingerprint density at radius 2 is 2.22 bits per heavy atom. The van der Waals surface area contributed by atoms with Crippen LogP contribution in [0.4, 0.5) is 11.6 Å². The minimum Gasteiger partial charge on any atom is -0.395 e. The average Bonchev–Trinajstić information content (AvgIpc) is 2.56. The third-order valence-electron chi connectivity index (χ3n) is 4.02.